The molecule has 0 spiro atoms. The van der Waals surface area contributed by atoms with Gasteiger partial charge >= 0.3 is 7.12 Å². The summed E-state index contributed by atoms with van der Waals surface area (Å²) in [6, 6.07) is 0. The molecule has 0 saturated carbocycles. The molecule has 1 aromatic heterocycles. The van der Waals surface area contributed by atoms with Crippen LogP contribution in [0.15, 0.2) is 6.17 Å². The van der Waals surface area contributed by atoms with E-state index in [1.54, 1.807) is 0 Å². The second-order valence-corrected chi connectivity index (χ2v) is 5.31. The Morgan fingerprint density at radius 2 is 1.94 bits per heavy atom. The Bertz CT molecular complexity index is 564. The van der Waals surface area contributed by atoms with Crippen molar-refractivity contribution in [3.8, 4) is 0 Å². The maximum absolute atomic E-state index is 7.87. The SMILES string of the molecule is [2H]c1nc(C([2H])([2H])[2H])c(Cl)nc1B1OC(C)(C)C(C)(C)O1. The van der Waals surface area contributed by atoms with Gasteiger partial charge in [0.25, 0.3) is 0 Å². The third kappa shape index (κ3) is 2.19. The molecule has 1 saturated heterocycles. The number of nitrogens with zero attached hydrogens (tertiary/aromatic N) is 2. The molecule has 1 fully saturated rings. The molecule has 92 valence electrons. The van der Waals surface area contributed by atoms with Gasteiger partial charge in [-0.2, -0.15) is 0 Å². The van der Waals surface area contributed by atoms with E-state index >= 15 is 0 Å². The summed E-state index contributed by atoms with van der Waals surface area (Å²) in [6.07, 6.45) is -0.316. The normalized spacial score (nSPS) is 26.1. The average Bonchev–Trinajstić information content (AvgIpc) is 2.49. The molecule has 1 aromatic rings. The summed E-state index contributed by atoms with van der Waals surface area (Å²) in [4.78, 5) is 7.69. The van der Waals surface area contributed by atoms with Crippen LogP contribution in [0.4, 0.5) is 0 Å². The number of aryl methyl sites for hydroxylation is 1. The molecule has 0 unspecified atom stereocenters. The van der Waals surface area contributed by atoms with Gasteiger partial charge in [0.15, 0.2) is 0 Å². The van der Waals surface area contributed by atoms with Gasteiger partial charge in [0.2, 0.25) is 0 Å². The lowest BCUT2D eigenvalue weighted by Crippen LogP contribution is -2.41. The lowest BCUT2D eigenvalue weighted by atomic mass is 9.85. The van der Waals surface area contributed by atoms with Crippen LogP contribution in [0, 0.1) is 6.85 Å². The highest BCUT2D eigenvalue weighted by molar-refractivity contribution is 6.61. The molecule has 6 heteroatoms. The van der Waals surface area contributed by atoms with Gasteiger partial charge in [-0.1, -0.05) is 11.6 Å². The Balaban J connectivity index is 2.42. The van der Waals surface area contributed by atoms with Crippen LogP contribution >= 0.6 is 11.6 Å². The fraction of sp³-hybridized carbons (Fsp3) is 0.636. The van der Waals surface area contributed by atoms with Gasteiger partial charge in [-0.3, -0.25) is 4.98 Å². The van der Waals surface area contributed by atoms with Crippen molar-refractivity contribution >= 4 is 24.3 Å². The molecule has 2 heterocycles. The highest BCUT2D eigenvalue weighted by atomic mass is 35.5. The maximum atomic E-state index is 7.87. The summed E-state index contributed by atoms with van der Waals surface area (Å²) in [5.74, 6) is 0. The fourth-order valence-corrected chi connectivity index (χ4v) is 1.54. The second kappa shape index (κ2) is 3.94. The second-order valence-electron chi connectivity index (χ2n) is 4.95. The first-order chi connectivity index (χ1) is 9.35. The van der Waals surface area contributed by atoms with Crippen LogP contribution in [-0.2, 0) is 9.31 Å². The molecule has 0 bridgehead atoms. The van der Waals surface area contributed by atoms with Crippen LogP contribution in [-0.4, -0.2) is 28.3 Å². The van der Waals surface area contributed by atoms with Crippen molar-refractivity contribution in [3.63, 3.8) is 0 Å². The van der Waals surface area contributed by atoms with Gasteiger partial charge < -0.3 is 9.31 Å². The van der Waals surface area contributed by atoms with Crippen molar-refractivity contribution in [2.24, 2.45) is 0 Å². The van der Waals surface area contributed by atoms with Crippen molar-refractivity contribution in [1.29, 1.82) is 0 Å². The van der Waals surface area contributed by atoms with Gasteiger partial charge in [-0.05, 0) is 34.5 Å². The zero-order chi connectivity index (χ0) is 16.2. The molecule has 1 aliphatic heterocycles. The highest BCUT2D eigenvalue weighted by Gasteiger charge is 2.52. The van der Waals surface area contributed by atoms with Crippen LogP contribution < -0.4 is 5.59 Å². The van der Waals surface area contributed by atoms with E-state index in [4.69, 9.17) is 26.4 Å². The molecule has 0 amide bonds. The predicted octanol–water partition coefficient (Wildman–Crippen LogP) is 1.74. The topological polar surface area (TPSA) is 44.2 Å². The molecule has 4 nitrogen and oxygen atoms in total. The van der Waals surface area contributed by atoms with Gasteiger partial charge in [0.05, 0.1) is 23.9 Å². The Kier molecular flexibility index (Phi) is 1.96. The van der Waals surface area contributed by atoms with Gasteiger partial charge in [0, 0.05) is 10.3 Å². The Morgan fingerprint density at radius 3 is 2.47 bits per heavy atom. The largest absolute Gasteiger partial charge is 0.516 e. The average molecular weight is 259 g/mol. The minimum Gasteiger partial charge on any atom is -0.398 e. The first kappa shape index (κ1) is 8.46. The molecule has 2 rings (SSSR count). The van der Waals surface area contributed by atoms with Crippen LogP contribution in [0.5, 0.6) is 0 Å². The Hall–Kier alpha value is -0.645. The number of hydrogen-bond acceptors (Lipinski definition) is 4. The summed E-state index contributed by atoms with van der Waals surface area (Å²) < 4.78 is 41.4. The molecular formula is C11H16BClN2O2. The molecule has 0 N–H and O–H groups in total. The minimum absolute atomic E-state index is 0.0756. The van der Waals surface area contributed by atoms with Crippen LogP contribution in [0.2, 0.25) is 5.15 Å². The van der Waals surface area contributed by atoms with E-state index in [1.165, 1.54) is 0 Å². The van der Waals surface area contributed by atoms with E-state index in [0.717, 1.165) is 0 Å². The molecule has 1 aliphatic rings. The number of rotatable bonds is 1. The van der Waals surface area contributed by atoms with Crippen molar-refractivity contribution in [2.75, 3.05) is 0 Å². The highest BCUT2D eigenvalue weighted by Crippen LogP contribution is 2.36. The minimum atomic E-state index is -2.52. The third-order valence-corrected chi connectivity index (χ3v) is 3.44. The van der Waals surface area contributed by atoms with E-state index < -0.39 is 30.9 Å². The maximum Gasteiger partial charge on any atom is 0.516 e. The zero-order valence-electron chi connectivity index (χ0n) is 14.2. The zero-order valence-corrected chi connectivity index (χ0v) is 10.9. The Labute approximate surface area is 112 Å². The summed E-state index contributed by atoms with van der Waals surface area (Å²) in [6.45, 7) is 4.93. The smallest absolute Gasteiger partial charge is 0.398 e. The summed E-state index contributed by atoms with van der Waals surface area (Å²) >= 11 is 5.88. The van der Waals surface area contributed by atoms with E-state index in [2.05, 4.69) is 9.97 Å². The molecule has 0 aromatic carbocycles. The van der Waals surface area contributed by atoms with Gasteiger partial charge in [-0.25, -0.2) is 4.98 Å². The molecule has 17 heavy (non-hydrogen) atoms. The molecule has 0 aliphatic carbocycles. The molecule has 0 atom stereocenters. The number of hydrogen-bond donors (Lipinski definition) is 0. The molecular weight excluding hydrogens is 238 g/mol. The lowest BCUT2D eigenvalue weighted by molar-refractivity contribution is 0.00578. The van der Waals surface area contributed by atoms with Crippen LogP contribution in [0.25, 0.3) is 0 Å². The quantitative estimate of drug-likeness (QED) is 0.720. The monoisotopic (exact) mass is 258 g/mol. The first-order valence-corrected chi connectivity index (χ1v) is 5.63. The van der Waals surface area contributed by atoms with Crippen LogP contribution in [0.3, 0.4) is 0 Å². The summed E-state index contributed by atoms with van der Waals surface area (Å²) in [5, 5.41) is -0.268. The van der Waals surface area contributed by atoms with Crippen molar-refractivity contribution in [3.05, 3.63) is 17.0 Å². The standard InChI is InChI=1S/C11H16BClN2O2/c1-7-9(13)15-8(6-14-7)12-16-10(2,3)11(4,5)17-12/h6H,1-5H3/i1D3,6D. The summed E-state index contributed by atoms with van der Waals surface area (Å²) in [5.41, 5.74) is -1.51. The predicted molar refractivity (Wildman–Crippen MR) is 67.5 cm³/mol. The van der Waals surface area contributed by atoms with E-state index in [-0.39, 0.29) is 16.9 Å². The lowest BCUT2D eigenvalue weighted by Gasteiger charge is -2.32. The van der Waals surface area contributed by atoms with E-state index in [9.17, 15) is 0 Å². The number of halogens is 1. The fourth-order valence-electron chi connectivity index (χ4n) is 1.40. The van der Waals surface area contributed by atoms with Gasteiger partial charge in [-0.15, -0.1) is 0 Å². The van der Waals surface area contributed by atoms with E-state index in [0.29, 0.717) is 0 Å². The molecule has 0 radical (unpaired) electrons. The van der Waals surface area contributed by atoms with Crippen LogP contribution in [0.1, 0.15) is 38.9 Å². The van der Waals surface area contributed by atoms with Gasteiger partial charge in [0.1, 0.15) is 5.15 Å². The van der Waals surface area contributed by atoms with Crippen molar-refractivity contribution in [2.45, 2.75) is 45.7 Å². The van der Waals surface area contributed by atoms with E-state index in [1.807, 2.05) is 27.7 Å². The number of aromatic nitrogens is 2. The van der Waals surface area contributed by atoms with Crippen molar-refractivity contribution < 1.29 is 14.8 Å². The first-order valence-electron chi connectivity index (χ1n) is 7.25. The summed E-state index contributed by atoms with van der Waals surface area (Å²) in [7, 11) is -0.904. The third-order valence-electron chi connectivity index (χ3n) is 3.17. The Morgan fingerprint density at radius 1 is 1.35 bits per heavy atom. The van der Waals surface area contributed by atoms with Crippen molar-refractivity contribution in [1.82, 2.24) is 9.97 Å².